The first-order valence-corrected chi connectivity index (χ1v) is 5.62. The van der Waals surface area contributed by atoms with Crippen molar-refractivity contribution in [2.45, 2.75) is 25.8 Å². The zero-order valence-corrected chi connectivity index (χ0v) is 10.1. The summed E-state index contributed by atoms with van der Waals surface area (Å²) in [5.74, 6) is -0.434. The van der Waals surface area contributed by atoms with Crippen LogP contribution in [0.5, 0.6) is 0 Å². The molecule has 2 rings (SSSR count). The second kappa shape index (κ2) is 4.45. The van der Waals surface area contributed by atoms with Crippen molar-refractivity contribution in [2.24, 2.45) is 0 Å². The third-order valence-electron chi connectivity index (χ3n) is 3.01. The molecule has 0 unspecified atom stereocenters. The zero-order chi connectivity index (χ0) is 12.5. The first kappa shape index (κ1) is 12.0. The number of benzene rings is 1. The van der Waals surface area contributed by atoms with Crippen LogP contribution in [0.25, 0.3) is 0 Å². The van der Waals surface area contributed by atoms with E-state index in [9.17, 15) is 9.18 Å². The van der Waals surface area contributed by atoms with Gasteiger partial charge in [-0.1, -0.05) is 18.2 Å². The van der Waals surface area contributed by atoms with E-state index in [1.807, 2.05) is 13.8 Å². The molecule has 0 saturated carbocycles. The van der Waals surface area contributed by atoms with Crippen LogP contribution in [0.15, 0.2) is 24.3 Å². The van der Waals surface area contributed by atoms with E-state index in [4.69, 9.17) is 4.74 Å². The summed E-state index contributed by atoms with van der Waals surface area (Å²) in [7, 11) is 0. The standard InChI is InChI=1S/C13H16FNO2/c1-13(2)8-17-9-15(13)12(16)7-10-5-3-4-6-11(10)14/h3-6H,7-9H2,1-2H3. The fourth-order valence-electron chi connectivity index (χ4n) is 1.95. The Morgan fingerprint density at radius 3 is 2.76 bits per heavy atom. The van der Waals surface area contributed by atoms with E-state index < -0.39 is 0 Å². The highest BCUT2D eigenvalue weighted by atomic mass is 19.1. The minimum absolute atomic E-state index is 0.0828. The van der Waals surface area contributed by atoms with Crippen LogP contribution in [0.3, 0.4) is 0 Å². The van der Waals surface area contributed by atoms with Gasteiger partial charge < -0.3 is 9.64 Å². The lowest BCUT2D eigenvalue weighted by atomic mass is 10.0. The predicted octanol–water partition coefficient (Wildman–Crippen LogP) is 1.96. The average Bonchev–Trinajstić information content (AvgIpc) is 2.61. The quantitative estimate of drug-likeness (QED) is 0.787. The molecular weight excluding hydrogens is 221 g/mol. The van der Waals surface area contributed by atoms with Gasteiger partial charge in [-0.05, 0) is 25.5 Å². The zero-order valence-electron chi connectivity index (χ0n) is 10.1. The number of rotatable bonds is 2. The molecule has 0 aromatic heterocycles. The Labute approximate surface area is 100 Å². The first-order valence-electron chi connectivity index (χ1n) is 5.62. The molecule has 4 heteroatoms. The van der Waals surface area contributed by atoms with Crippen LogP contribution < -0.4 is 0 Å². The van der Waals surface area contributed by atoms with Crippen LogP contribution in [0.1, 0.15) is 19.4 Å². The van der Waals surface area contributed by atoms with Gasteiger partial charge in [-0.3, -0.25) is 4.79 Å². The molecule has 1 aromatic rings. The van der Waals surface area contributed by atoms with Gasteiger partial charge in [-0.15, -0.1) is 0 Å². The van der Waals surface area contributed by atoms with Crippen LogP contribution >= 0.6 is 0 Å². The Morgan fingerprint density at radius 1 is 1.47 bits per heavy atom. The number of amides is 1. The van der Waals surface area contributed by atoms with Gasteiger partial charge in [-0.25, -0.2) is 4.39 Å². The van der Waals surface area contributed by atoms with Crippen LogP contribution in [-0.4, -0.2) is 29.7 Å². The lowest BCUT2D eigenvalue weighted by Gasteiger charge is -2.29. The summed E-state index contributed by atoms with van der Waals surface area (Å²) in [6.45, 7) is 4.70. The van der Waals surface area contributed by atoms with Crippen molar-refractivity contribution in [3.63, 3.8) is 0 Å². The molecule has 0 atom stereocenters. The molecule has 1 amide bonds. The molecule has 0 aliphatic carbocycles. The summed E-state index contributed by atoms with van der Waals surface area (Å²) >= 11 is 0. The summed E-state index contributed by atoms with van der Waals surface area (Å²) in [6, 6.07) is 6.36. The third kappa shape index (κ3) is 2.47. The Kier molecular flexibility index (Phi) is 3.15. The molecule has 1 heterocycles. The molecule has 1 aromatic carbocycles. The van der Waals surface area contributed by atoms with E-state index in [-0.39, 0.29) is 23.7 Å². The van der Waals surface area contributed by atoms with Crippen molar-refractivity contribution in [3.8, 4) is 0 Å². The Bertz CT molecular complexity index is 431. The van der Waals surface area contributed by atoms with E-state index in [1.165, 1.54) is 6.07 Å². The molecule has 1 aliphatic heterocycles. The maximum absolute atomic E-state index is 13.4. The molecular formula is C13H16FNO2. The van der Waals surface area contributed by atoms with Crippen LogP contribution in [-0.2, 0) is 16.0 Å². The molecule has 0 radical (unpaired) electrons. The topological polar surface area (TPSA) is 29.5 Å². The molecule has 0 N–H and O–H groups in total. The SMILES string of the molecule is CC1(C)COCN1C(=O)Cc1ccccc1F. The van der Waals surface area contributed by atoms with Gasteiger partial charge in [0.25, 0.3) is 0 Å². The molecule has 17 heavy (non-hydrogen) atoms. The fourth-order valence-corrected chi connectivity index (χ4v) is 1.95. The second-order valence-corrected chi connectivity index (χ2v) is 4.88. The van der Waals surface area contributed by atoms with Gasteiger partial charge in [-0.2, -0.15) is 0 Å². The number of hydrogen-bond donors (Lipinski definition) is 0. The number of carbonyl (C=O) groups excluding carboxylic acids is 1. The van der Waals surface area contributed by atoms with Gasteiger partial charge in [0, 0.05) is 0 Å². The van der Waals surface area contributed by atoms with E-state index in [0.29, 0.717) is 18.9 Å². The molecule has 1 fully saturated rings. The highest BCUT2D eigenvalue weighted by molar-refractivity contribution is 5.79. The van der Waals surface area contributed by atoms with Gasteiger partial charge in [0.15, 0.2) is 0 Å². The van der Waals surface area contributed by atoms with E-state index in [2.05, 4.69) is 0 Å². The monoisotopic (exact) mass is 237 g/mol. The largest absolute Gasteiger partial charge is 0.359 e. The van der Waals surface area contributed by atoms with Crippen molar-refractivity contribution in [1.82, 2.24) is 4.90 Å². The Hall–Kier alpha value is -1.42. The molecule has 92 valence electrons. The van der Waals surface area contributed by atoms with Crippen LogP contribution in [0.4, 0.5) is 4.39 Å². The normalized spacial score (nSPS) is 18.4. The Balaban J connectivity index is 2.10. The average molecular weight is 237 g/mol. The summed E-state index contributed by atoms with van der Waals surface area (Å²) in [4.78, 5) is 13.7. The van der Waals surface area contributed by atoms with Crippen LogP contribution in [0, 0.1) is 5.82 Å². The fraction of sp³-hybridized carbons (Fsp3) is 0.462. The first-order chi connectivity index (χ1) is 8.00. The third-order valence-corrected chi connectivity index (χ3v) is 3.01. The van der Waals surface area contributed by atoms with Gasteiger partial charge in [0.05, 0.1) is 18.6 Å². The van der Waals surface area contributed by atoms with Crippen molar-refractivity contribution < 1.29 is 13.9 Å². The van der Waals surface area contributed by atoms with E-state index in [0.717, 1.165) is 0 Å². The van der Waals surface area contributed by atoms with Crippen molar-refractivity contribution >= 4 is 5.91 Å². The minimum Gasteiger partial charge on any atom is -0.359 e. The maximum atomic E-state index is 13.4. The molecule has 1 aliphatic rings. The highest BCUT2D eigenvalue weighted by Crippen LogP contribution is 2.22. The number of halogens is 1. The van der Waals surface area contributed by atoms with Gasteiger partial charge in [0.2, 0.25) is 5.91 Å². The number of nitrogens with zero attached hydrogens (tertiary/aromatic N) is 1. The molecule has 1 saturated heterocycles. The summed E-state index contributed by atoms with van der Waals surface area (Å²) in [6.07, 6.45) is 0.0828. The molecule has 0 bridgehead atoms. The smallest absolute Gasteiger partial charge is 0.229 e. The van der Waals surface area contributed by atoms with Crippen molar-refractivity contribution in [2.75, 3.05) is 13.3 Å². The summed E-state index contributed by atoms with van der Waals surface area (Å²) < 4.78 is 18.7. The maximum Gasteiger partial charge on any atom is 0.229 e. The van der Waals surface area contributed by atoms with Crippen LogP contribution in [0.2, 0.25) is 0 Å². The molecule has 0 spiro atoms. The number of carbonyl (C=O) groups is 1. The Morgan fingerprint density at radius 2 is 2.18 bits per heavy atom. The van der Waals surface area contributed by atoms with E-state index in [1.54, 1.807) is 23.1 Å². The minimum atomic E-state index is -0.334. The number of ether oxygens (including phenoxy) is 1. The van der Waals surface area contributed by atoms with Gasteiger partial charge in [0.1, 0.15) is 12.5 Å². The molecule has 3 nitrogen and oxygen atoms in total. The highest BCUT2D eigenvalue weighted by Gasteiger charge is 2.36. The van der Waals surface area contributed by atoms with Gasteiger partial charge >= 0.3 is 0 Å². The lowest BCUT2D eigenvalue weighted by molar-refractivity contribution is -0.134. The van der Waals surface area contributed by atoms with E-state index >= 15 is 0 Å². The summed E-state index contributed by atoms with van der Waals surface area (Å²) in [5, 5.41) is 0. The second-order valence-electron chi connectivity index (χ2n) is 4.88. The number of hydrogen-bond acceptors (Lipinski definition) is 2. The van der Waals surface area contributed by atoms with Crippen molar-refractivity contribution in [1.29, 1.82) is 0 Å². The summed E-state index contributed by atoms with van der Waals surface area (Å²) in [5.41, 5.74) is 0.128. The van der Waals surface area contributed by atoms with Crippen molar-refractivity contribution in [3.05, 3.63) is 35.6 Å². The lowest BCUT2D eigenvalue weighted by Crippen LogP contribution is -2.45. The predicted molar refractivity (Wildman–Crippen MR) is 61.8 cm³/mol.